The lowest BCUT2D eigenvalue weighted by Crippen LogP contribution is -2.38. The molecule has 24 heavy (non-hydrogen) atoms. The van der Waals surface area contributed by atoms with Crippen molar-refractivity contribution in [1.82, 2.24) is 10.2 Å². The van der Waals surface area contributed by atoms with E-state index < -0.39 is 0 Å². The average Bonchev–Trinajstić information content (AvgIpc) is 3.10. The number of hydrogen-bond donors (Lipinski definition) is 2. The Balaban J connectivity index is 1.68. The van der Waals surface area contributed by atoms with Crippen LogP contribution in [0.25, 0.3) is 0 Å². The van der Waals surface area contributed by atoms with Crippen LogP contribution >= 0.6 is 11.8 Å². The van der Waals surface area contributed by atoms with Gasteiger partial charge in [0.1, 0.15) is 0 Å². The highest BCUT2D eigenvalue weighted by Crippen LogP contribution is 2.22. The molecule has 1 heterocycles. The molecule has 0 spiro atoms. The van der Waals surface area contributed by atoms with Gasteiger partial charge >= 0.3 is 6.03 Å². The Bertz CT molecular complexity index is 608. The third kappa shape index (κ3) is 4.04. The zero-order chi connectivity index (χ0) is 16.9. The Labute approximate surface area is 147 Å². The molecule has 1 aliphatic heterocycles. The van der Waals surface area contributed by atoms with Crippen molar-refractivity contribution in [3.05, 3.63) is 29.3 Å². The molecule has 2 N–H and O–H groups in total. The minimum Gasteiger partial charge on any atom is -0.337 e. The maximum absolute atomic E-state index is 12.7. The molecule has 3 rings (SSSR count). The van der Waals surface area contributed by atoms with Crippen molar-refractivity contribution in [2.45, 2.75) is 38.6 Å². The van der Waals surface area contributed by atoms with Crippen LogP contribution in [0.2, 0.25) is 0 Å². The first kappa shape index (κ1) is 17.1. The molecule has 1 saturated carbocycles. The summed E-state index contributed by atoms with van der Waals surface area (Å²) in [6.45, 7) is 3.49. The number of hydrogen-bond acceptors (Lipinski definition) is 3. The summed E-state index contributed by atoms with van der Waals surface area (Å²) in [5, 5.41) is 5.93. The minimum atomic E-state index is -0.177. The number of urea groups is 1. The van der Waals surface area contributed by atoms with E-state index in [4.69, 9.17) is 0 Å². The molecule has 0 unspecified atom stereocenters. The average molecular weight is 347 g/mol. The van der Waals surface area contributed by atoms with Crippen LogP contribution in [-0.4, -0.2) is 47.5 Å². The van der Waals surface area contributed by atoms with Crippen LogP contribution in [0.1, 0.15) is 41.6 Å². The Morgan fingerprint density at radius 2 is 1.88 bits per heavy atom. The Morgan fingerprint density at radius 3 is 2.58 bits per heavy atom. The number of benzene rings is 1. The van der Waals surface area contributed by atoms with Crippen molar-refractivity contribution in [2.24, 2.45) is 0 Å². The fourth-order valence-corrected chi connectivity index (χ4v) is 4.26. The summed E-state index contributed by atoms with van der Waals surface area (Å²) in [6, 6.07) is 5.64. The lowest BCUT2D eigenvalue weighted by atomic mass is 10.1. The number of carbonyl (C=O) groups excluding carboxylic acids is 2. The van der Waals surface area contributed by atoms with Crippen LogP contribution in [-0.2, 0) is 0 Å². The van der Waals surface area contributed by atoms with E-state index >= 15 is 0 Å². The highest BCUT2D eigenvalue weighted by molar-refractivity contribution is 7.99. The summed E-state index contributed by atoms with van der Waals surface area (Å²) in [7, 11) is 0. The zero-order valence-corrected chi connectivity index (χ0v) is 15.0. The second-order valence-corrected chi connectivity index (χ2v) is 7.69. The van der Waals surface area contributed by atoms with Gasteiger partial charge in [0, 0.05) is 41.9 Å². The summed E-state index contributed by atoms with van der Waals surface area (Å²) >= 11 is 1.88. The van der Waals surface area contributed by atoms with Gasteiger partial charge in [-0.3, -0.25) is 4.79 Å². The number of rotatable bonds is 3. The molecule has 130 valence electrons. The summed E-state index contributed by atoms with van der Waals surface area (Å²) < 4.78 is 0. The van der Waals surface area contributed by atoms with Gasteiger partial charge in [0.25, 0.3) is 5.91 Å². The van der Waals surface area contributed by atoms with Gasteiger partial charge < -0.3 is 15.5 Å². The predicted molar refractivity (Wildman–Crippen MR) is 98.8 cm³/mol. The van der Waals surface area contributed by atoms with Crippen molar-refractivity contribution in [3.8, 4) is 0 Å². The molecule has 0 atom stereocenters. The smallest absolute Gasteiger partial charge is 0.319 e. The third-order valence-corrected chi connectivity index (χ3v) is 5.74. The normalized spacial score (nSPS) is 18.5. The lowest BCUT2D eigenvalue weighted by molar-refractivity contribution is 0.0771. The fourth-order valence-electron chi connectivity index (χ4n) is 3.35. The number of nitrogens with one attached hydrogen (secondary N) is 2. The van der Waals surface area contributed by atoms with Crippen molar-refractivity contribution in [3.63, 3.8) is 0 Å². The first-order valence-electron chi connectivity index (χ1n) is 8.69. The van der Waals surface area contributed by atoms with E-state index in [0.717, 1.165) is 43.0 Å². The lowest BCUT2D eigenvalue weighted by Gasteiger charge is -2.27. The zero-order valence-electron chi connectivity index (χ0n) is 14.1. The Morgan fingerprint density at radius 1 is 1.17 bits per heavy atom. The van der Waals surface area contributed by atoms with Gasteiger partial charge in [0.05, 0.1) is 0 Å². The molecule has 1 saturated heterocycles. The van der Waals surface area contributed by atoms with Gasteiger partial charge in [-0.2, -0.15) is 11.8 Å². The summed E-state index contributed by atoms with van der Waals surface area (Å²) in [4.78, 5) is 26.8. The maximum atomic E-state index is 12.7. The molecule has 6 heteroatoms. The predicted octanol–water partition coefficient (Wildman–Crippen LogP) is 3.25. The van der Waals surface area contributed by atoms with Crippen LogP contribution in [0.4, 0.5) is 10.5 Å². The molecule has 1 aromatic carbocycles. The quantitative estimate of drug-likeness (QED) is 0.882. The van der Waals surface area contributed by atoms with Crippen molar-refractivity contribution >= 4 is 29.4 Å². The molecule has 2 fully saturated rings. The first-order valence-corrected chi connectivity index (χ1v) is 9.85. The molecule has 1 aliphatic carbocycles. The number of thioether (sulfide) groups is 1. The highest BCUT2D eigenvalue weighted by atomic mass is 32.2. The van der Waals surface area contributed by atoms with E-state index in [1.54, 1.807) is 0 Å². The van der Waals surface area contributed by atoms with Crippen molar-refractivity contribution in [1.29, 1.82) is 0 Å². The van der Waals surface area contributed by atoms with Gasteiger partial charge in [0.15, 0.2) is 0 Å². The first-order chi connectivity index (χ1) is 11.6. The van der Waals surface area contributed by atoms with Gasteiger partial charge in [-0.05, 0) is 37.5 Å². The standard InChI is InChI=1S/C18H25N3O2S/c1-13-15(17(22)21-9-11-24-12-10-21)7-4-8-16(13)20-18(23)19-14-5-2-3-6-14/h4,7-8,14H,2-3,5-6,9-12H2,1H3,(H2,19,20,23). The molecule has 2 aliphatic rings. The van der Waals surface area contributed by atoms with Gasteiger partial charge in [-0.15, -0.1) is 0 Å². The van der Waals surface area contributed by atoms with E-state index in [-0.39, 0.29) is 18.0 Å². The van der Waals surface area contributed by atoms with Gasteiger partial charge in [-0.25, -0.2) is 4.79 Å². The van der Waals surface area contributed by atoms with Gasteiger partial charge in [0.2, 0.25) is 0 Å². The minimum absolute atomic E-state index is 0.0626. The second kappa shape index (κ2) is 7.92. The summed E-state index contributed by atoms with van der Waals surface area (Å²) in [5.74, 6) is 2.05. The molecule has 5 nitrogen and oxygen atoms in total. The number of nitrogens with zero attached hydrogens (tertiary/aromatic N) is 1. The van der Waals surface area contributed by atoms with Crippen LogP contribution in [0.3, 0.4) is 0 Å². The molecule has 0 bridgehead atoms. The topological polar surface area (TPSA) is 61.4 Å². The van der Waals surface area contributed by atoms with E-state index in [1.165, 1.54) is 12.8 Å². The second-order valence-electron chi connectivity index (χ2n) is 6.46. The van der Waals surface area contributed by atoms with Crippen molar-refractivity contribution in [2.75, 3.05) is 29.9 Å². The fraction of sp³-hybridized carbons (Fsp3) is 0.556. The Hall–Kier alpha value is -1.69. The highest BCUT2D eigenvalue weighted by Gasteiger charge is 2.22. The molecule has 1 aromatic rings. The number of anilines is 1. The maximum Gasteiger partial charge on any atom is 0.319 e. The van der Waals surface area contributed by atoms with Crippen molar-refractivity contribution < 1.29 is 9.59 Å². The van der Waals surface area contributed by atoms with E-state index in [1.807, 2.05) is 41.8 Å². The molecule has 0 radical (unpaired) electrons. The van der Waals surface area contributed by atoms with E-state index in [0.29, 0.717) is 11.3 Å². The van der Waals surface area contributed by atoms with Crippen LogP contribution in [0.15, 0.2) is 18.2 Å². The molecule has 0 aromatic heterocycles. The molecular formula is C18H25N3O2S. The van der Waals surface area contributed by atoms with E-state index in [2.05, 4.69) is 10.6 Å². The van der Waals surface area contributed by atoms with Crippen LogP contribution in [0, 0.1) is 6.92 Å². The SMILES string of the molecule is Cc1c(NC(=O)NC2CCCC2)cccc1C(=O)N1CCSCC1. The number of carbonyl (C=O) groups is 2. The molecular weight excluding hydrogens is 322 g/mol. The van der Waals surface area contributed by atoms with Crippen LogP contribution in [0.5, 0.6) is 0 Å². The number of amides is 3. The Kier molecular flexibility index (Phi) is 5.66. The monoisotopic (exact) mass is 347 g/mol. The third-order valence-electron chi connectivity index (χ3n) is 4.80. The summed E-state index contributed by atoms with van der Waals surface area (Å²) in [6.07, 6.45) is 4.47. The van der Waals surface area contributed by atoms with Gasteiger partial charge in [-0.1, -0.05) is 18.9 Å². The molecule has 3 amide bonds. The largest absolute Gasteiger partial charge is 0.337 e. The van der Waals surface area contributed by atoms with Crippen LogP contribution < -0.4 is 10.6 Å². The van der Waals surface area contributed by atoms with E-state index in [9.17, 15) is 9.59 Å². The summed E-state index contributed by atoms with van der Waals surface area (Å²) in [5.41, 5.74) is 2.23.